The molecule has 0 spiro atoms. The third kappa shape index (κ3) is 2.94. The zero-order valence-corrected chi connectivity index (χ0v) is 10.4. The summed E-state index contributed by atoms with van der Waals surface area (Å²) < 4.78 is 0. The van der Waals surface area contributed by atoms with Gasteiger partial charge in [-0.1, -0.05) is 0 Å². The van der Waals surface area contributed by atoms with Gasteiger partial charge in [0.05, 0.1) is 16.8 Å². The number of thiophene rings is 1. The first-order chi connectivity index (χ1) is 8.16. The van der Waals surface area contributed by atoms with Crippen molar-refractivity contribution in [2.75, 3.05) is 0 Å². The van der Waals surface area contributed by atoms with E-state index in [9.17, 15) is 4.79 Å². The first kappa shape index (κ1) is 11.9. The molecule has 2 aromatic heterocycles. The third-order valence-corrected chi connectivity index (χ3v) is 3.59. The summed E-state index contributed by atoms with van der Waals surface area (Å²) in [6.07, 6.45) is 3.30. The maximum atomic E-state index is 10.4. The van der Waals surface area contributed by atoms with Crippen LogP contribution in [0, 0.1) is 6.92 Å². The standard InChI is InChI=1S/C12H14N2O2S/c1-8-5-6-17-12(8)9-7-13-10(14-9)3-2-4-11(15)16/h5-7H,2-4H2,1H3,(H,13,14)(H,15,16). The molecule has 2 rings (SSSR count). The van der Waals surface area contributed by atoms with Crippen LogP contribution in [-0.2, 0) is 11.2 Å². The Hall–Kier alpha value is -1.62. The van der Waals surface area contributed by atoms with Gasteiger partial charge in [0.25, 0.3) is 0 Å². The van der Waals surface area contributed by atoms with Gasteiger partial charge in [0.1, 0.15) is 5.82 Å². The van der Waals surface area contributed by atoms with Crippen molar-refractivity contribution in [3.8, 4) is 10.6 Å². The van der Waals surface area contributed by atoms with Crippen molar-refractivity contribution in [1.82, 2.24) is 9.97 Å². The molecule has 2 N–H and O–H groups in total. The molecule has 0 bridgehead atoms. The highest BCUT2D eigenvalue weighted by Gasteiger charge is 2.07. The number of carboxylic acid groups (broad SMARTS) is 1. The number of aromatic amines is 1. The van der Waals surface area contributed by atoms with Gasteiger partial charge in [-0.05, 0) is 30.4 Å². The monoisotopic (exact) mass is 250 g/mol. The summed E-state index contributed by atoms with van der Waals surface area (Å²) in [6.45, 7) is 2.07. The molecule has 0 saturated carbocycles. The van der Waals surface area contributed by atoms with Gasteiger partial charge in [-0.15, -0.1) is 11.3 Å². The third-order valence-electron chi connectivity index (χ3n) is 2.54. The fraction of sp³-hybridized carbons (Fsp3) is 0.333. The highest BCUT2D eigenvalue weighted by atomic mass is 32.1. The number of aromatic nitrogens is 2. The molecule has 0 aromatic carbocycles. The largest absolute Gasteiger partial charge is 0.481 e. The number of aliphatic carboxylic acids is 1. The second-order valence-electron chi connectivity index (χ2n) is 3.92. The fourth-order valence-electron chi connectivity index (χ4n) is 1.66. The average Bonchev–Trinajstić information content (AvgIpc) is 2.86. The highest BCUT2D eigenvalue weighted by molar-refractivity contribution is 7.13. The van der Waals surface area contributed by atoms with Crippen molar-refractivity contribution < 1.29 is 9.90 Å². The Morgan fingerprint density at radius 1 is 1.59 bits per heavy atom. The molecule has 0 amide bonds. The summed E-state index contributed by atoms with van der Waals surface area (Å²) in [5, 5.41) is 10.6. The summed E-state index contributed by atoms with van der Waals surface area (Å²) in [5.74, 6) is 0.0972. The lowest BCUT2D eigenvalue weighted by atomic mass is 10.2. The number of hydrogen-bond acceptors (Lipinski definition) is 3. The molecule has 0 aliphatic carbocycles. The normalized spacial score (nSPS) is 10.6. The first-order valence-corrected chi connectivity index (χ1v) is 6.35. The lowest BCUT2D eigenvalue weighted by Crippen LogP contribution is -1.96. The summed E-state index contributed by atoms with van der Waals surface area (Å²) in [4.78, 5) is 19.1. The van der Waals surface area contributed by atoms with Crippen LogP contribution in [0.5, 0.6) is 0 Å². The molecule has 17 heavy (non-hydrogen) atoms. The number of nitrogens with one attached hydrogen (secondary N) is 1. The maximum absolute atomic E-state index is 10.4. The van der Waals surface area contributed by atoms with Crippen LogP contribution in [0.4, 0.5) is 0 Å². The van der Waals surface area contributed by atoms with E-state index in [2.05, 4.69) is 28.3 Å². The number of carboxylic acids is 1. The zero-order valence-electron chi connectivity index (χ0n) is 9.56. The molecule has 0 aliphatic rings. The molecule has 2 heterocycles. The van der Waals surface area contributed by atoms with Crippen LogP contribution in [-0.4, -0.2) is 21.0 Å². The Balaban J connectivity index is 2.01. The number of aryl methyl sites for hydroxylation is 2. The summed E-state index contributed by atoms with van der Waals surface area (Å²) in [7, 11) is 0. The van der Waals surface area contributed by atoms with Crippen molar-refractivity contribution in [2.45, 2.75) is 26.2 Å². The predicted molar refractivity (Wildman–Crippen MR) is 67.2 cm³/mol. The van der Waals surface area contributed by atoms with Gasteiger partial charge in [-0.2, -0.15) is 0 Å². The molecular weight excluding hydrogens is 236 g/mol. The van der Waals surface area contributed by atoms with Crippen LogP contribution in [0.1, 0.15) is 24.2 Å². The van der Waals surface area contributed by atoms with Crippen LogP contribution in [0.25, 0.3) is 10.6 Å². The number of rotatable bonds is 5. The van der Waals surface area contributed by atoms with E-state index >= 15 is 0 Å². The summed E-state index contributed by atoms with van der Waals surface area (Å²) in [6, 6.07) is 2.07. The van der Waals surface area contributed by atoms with Gasteiger partial charge in [-0.25, -0.2) is 4.98 Å². The van der Waals surface area contributed by atoms with Crippen LogP contribution in [0.3, 0.4) is 0 Å². The number of carbonyl (C=O) groups is 1. The van der Waals surface area contributed by atoms with Crippen LogP contribution in [0.15, 0.2) is 17.6 Å². The molecule has 2 aromatic rings. The molecule has 4 nitrogen and oxygen atoms in total. The lowest BCUT2D eigenvalue weighted by Gasteiger charge is -1.96. The molecule has 0 unspecified atom stereocenters. The number of hydrogen-bond donors (Lipinski definition) is 2. The van der Waals surface area contributed by atoms with E-state index in [4.69, 9.17) is 5.11 Å². The molecule has 0 aliphatic heterocycles. The van der Waals surface area contributed by atoms with E-state index < -0.39 is 5.97 Å². The second kappa shape index (κ2) is 5.14. The zero-order chi connectivity index (χ0) is 12.3. The quantitative estimate of drug-likeness (QED) is 0.857. The van der Waals surface area contributed by atoms with E-state index in [0.717, 1.165) is 11.5 Å². The van der Waals surface area contributed by atoms with Crippen molar-refractivity contribution in [3.63, 3.8) is 0 Å². The minimum absolute atomic E-state index is 0.189. The Morgan fingerprint density at radius 2 is 2.41 bits per heavy atom. The molecular formula is C12H14N2O2S. The van der Waals surface area contributed by atoms with Crippen molar-refractivity contribution in [2.24, 2.45) is 0 Å². The predicted octanol–water partition coefficient (Wildman–Crippen LogP) is 2.85. The number of H-pyrrole nitrogens is 1. The summed E-state index contributed by atoms with van der Waals surface area (Å²) in [5.41, 5.74) is 2.25. The highest BCUT2D eigenvalue weighted by Crippen LogP contribution is 2.27. The minimum Gasteiger partial charge on any atom is -0.481 e. The van der Waals surface area contributed by atoms with Crippen LogP contribution < -0.4 is 0 Å². The van der Waals surface area contributed by atoms with Gasteiger partial charge >= 0.3 is 5.97 Å². The van der Waals surface area contributed by atoms with E-state index in [0.29, 0.717) is 12.8 Å². The fourth-order valence-corrected chi connectivity index (χ4v) is 2.55. The van der Waals surface area contributed by atoms with Crippen molar-refractivity contribution in [3.05, 3.63) is 29.0 Å². The topological polar surface area (TPSA) is 66.0 Å². The van der Waals surface area contributed by atoms with Crippen molar-refractivity contribution in [1.29, 1.82) is 0 Å². The molecule has 0 saturated heterocycles. The van der Waals surface area contributed by atoms with Gasteiger partial charge in [0.2, 0.25) is 0 Å². The van der Waals surface area contributed by atoms with Crippen LogP contribution in [0.2, 0.25) is 0 Å². The Kier molecular flexibility index (Phi) is 3.58. The second-order valence-corrected chi connectivity index (χ2v) is 4.84. The first-order valence-electron chi connectivity index (χ1n) is 5.47. The minimum atomic E-state index is -0.758. The van der Waals surface area contributed by atoms with E-state index in [1.54, 1.807) is 11.3 Å². The van der Waals surface area contributed by atoms with E-state index in [1.807, 2.05) is 6.20 Å². The lowest BCUT2D eigenvalue weighted by molar-refractivity contribution is -0.137. The molecule has 5 heteroatoms. The molecule has 0 fully saturated rings. The van der Waals surface area contributed by atoms with E-state index in [1.165, 1.54) is 10.4 Å². The summed E-state index contributed by atoms with van der Waals surface area (Å²) >= 11 is 1.68. The Labute approximate surface area is 103 Å². The Morgan fingerprint density at radius 3 is 3.06 bits per heavy atom. The van der Waals surface area contributed by atoms with Crippen molar-refractivity contribution >= 4 is 17.3 Å². The Bertz CT molecular complexity index is 516. The maximum Gasteiger partial charge on any atom is 0.303 e. The van der Waals surface area contributed by atoms with Crippen LogP contribution >= 0.6 is 11.3 Å². The van der Waals surface area contributed by atoms with Gasteiger partial charge in [-0.3, -0.25) is 4.79 Å². The molecule has 90 valence electrons. The van der Waals surface area contributed by atoms with E-state index in [-0.39, 0.29) is 6.42 Å². The SMILES string of the molecule is Cc1ccsc1-c1cnc(CCCC(=O)O)[nH]1. The smallest absolute Gasteiger partial charge is 0.303 e. The number of imidazole rings is 1. The van der Waals surface area contributed by atoms with Gasteiger partial charge in [0.15, 0.2) is 0 Å². The molecule has 0 radical (unpaired) electrons. The van der Waals surface area contributed by atoms with Gasteiger partial charge < -0.3 is 10.1 Å². The average molecular weight is 250 g/mol. The van der Waals surface area contributed by atoms with Gasteiger partial charge in [0, 0.05) is 12.8 Å². The number of nitrogens with zero attached hydrogens (tertiary/aromatic N) is 1. The molecule has 0 atom stereocenters.